The maximum atomic E-state index is 13.7. The zero-order chi connectivity index (χ0) is 17.4. The molecule has 0 radical (unpaired) electrons. The van der Waals surface area contributed by atoms with Gasteiger partial charge in [0.25, 0.3) is 5.91 Å². The van der Waals surface area contributed by atoms with Crippen molar-refractivity contribution in [2.45, 2.75) is 0 Å². The first-order chi connectivity index (χ1) is 11.6. The lowest BCUT2D eigenvalue weighted by Crippen LogP contribution is -2.18. The topological polar surface area (TPSA) is 74.5 Å². The van der Waals surface area contributed by atoms with Crippen molar-refractivity contribution in [3.63, 3.8) is 0 Å². The maximum Gasteiger partial charge on any atom is 0.274 e. The van der Waals surface area contributed by atoms with Gasteiger partial charge in [0, 0.05) is 6.21 Å². The predicted octanol–water partition coefficient (Wildman–Crippen LogP) is 3.13. The molecule has 0 aromatic heterocycles. The molecule has 120 valence electrons. The first kappa shape index (κ1) is 16.9. The second kappa shape index (κ2) is 8.25. The average Bonchev–Trinajstić information content (AvgIpc) is 2.61. The number of hydrogen-bond acceptors (Lipinski definition) is 4. The van der Waals surface area contributed by atoms with E-state index in [0.717, 1.165) is 17.4 Å². The predicted molar refractivity (Wildman–Crippen MR) is 89.1 cm³/mol. The molecular formula is C18H14FN3O2. The second-order valence-electron chi connectivity index (χ2n) is 4.66. The second-order valence-corrected chi connectivity index (χ2v) is 4.66. The van der Waals surface area contributed by atoms with Crippen LogP contribution in [0.1, 0.15) is 21.5 Å². The van der Waals surface area contributed by atoms with Crippen molar-refractivity contribution in [3.8, 4) is 11.8 Å². The number of amides is 1. The molecule has 0 heterocycles. The summed E-state index contributed by atoms with van der Waals surface area (Å²) < 4.78 is 18.7. The van der Waals surface area contributed by atoms with E-state index in [0.29, 0.717) is 0 Å². The molecule has 2 aromatic rings. The highest BCUT2D eigenvalue weighted by molar-refractivity contribution is 5.95. The number of hydrazone groups is 1. The summed E-state index contributed by atoms with van der Waals surface area (Å²) >= 11 is 0. The summed E-state index contributed by atoms with van der Waals surface area (Å²) in [6.07, 6.45) is 4.80. The Labute approximate surface area is 138 Å². The quantitative estimate of drug-likeness (QED) is 0.678. The highest BCUT2D eigenvalue weighted by Gasteiger charge is 2.11. The third-order valence-corrected chi connectivity index (χ3v) is 3.07. The molecule has 0 saturated heterocycles. The smallest absolute Gasteiger partial charge is 0.274 e. The Bertz CT molecular complexity index is 821. The summed E-state index contributed by atoms with van der Waals surface area (Å²) in [5.74, 6) is -0.695. The monoisotopic (exact) mass is 323 g/mol. The molecule has 0 aliphatic carbocycles. The number of nitrogens with one attached hydrogen (secondary N) is 1. The summed E-state index contributed by atoms with van der Waals surface area (Å²) in [4.78, 5) is 11.8. The van der Waals surface area contributed by atoms with Crippen molar-refractivity contribution in [1.29, 1.82) is 5.26 Å². The van der Waals surface area contributed by atoms with E-state index in [1.807, 2.05) is 24.3 Å². The van der Waals surface area contributed by atoms with Crippen molar-refractivity contribution in [2.75, 3.05) is 7.11 Å². The van der Waals surface area contributed by atoms with Crippen LogP contribution in [0.2, 0.25) is 0 Å². The molecule has 2 rings (SSSR count). The summed E-state index contributed by atoms with van der Waals surface area (Å²) in [6, 6.07) is 12.8. The van der Waals surface area contributed by atoms with Gasteiger partial charge in [-0.1, -0.05) is 18.2 Å². The van der Waals surface area contributed by atoms with E-state index in [-0.39, 0.29) is 11.1 Å². The molecule has 0 fully saturated rings. The van der Waals surface area contributed by atoms with Crippen LogP contribution in [0.3, 0.4) is 0 Å². The van der Waals surface area contributed by atoms with E-state index in [1.165, 1.54) is 18.3 Å². The van der Waals surface area contributed by atoms with Crippen molar-refractivity contribution in [1.82, 2.24) is 5.43 Å². The van der Waals surface area contributed by atoms with Crippen molar-refractivity contribution >= 4 is 18.2 Å². The molecule has 6 heteroatoms. The molecule has 0 saturated carbocycles. The van der Waals surface area contributed by atoms with Gasteiger partial charge in [0.1, 0.15) is 11.6 Å². The van der Waals surface area contributed by atoms with E-state index < -0.39 is 11.7 Å². The lowest BCUT2D eigenvalue weighted by Gasteiger charge is -2.01. The van der Waals surface area contributed by atoms with Gasteiger partial charge in [0.2, 0.25) is 0 Å². The summed E-state index contributed by atoms with van der Waals surface area (Å²) in [5.41, 5.74) is 3.13. The minimum Gasteiger partial charge on any atom is -0.497 e. The number of halogens is 1. The largest absolute Gasteiger partial charge is 0.497 e. The zero-order valence-corrected chi connectivity index (χ0v) is 12.9. The fourth-order valence-electron chi connectivity index (χ4n) is 1.84. The highest BCUT2D eigenvalue weighted by Crippen LogP contribution is 2.12. The third kappa shape index (κ3) is 4.52. The molecule has 0 spiro atoms. The van der Waals surface area contributed by atoms with E-state index in [2.05, 4.69) is 10.5 Å². The van der Waals surface area contributed by atoms with Crippen LogP contribution in [-0.4, -0.2) is 19.2 Å². The van der Waals surface area contributed by atoms with Crippen LogP contribution in [0.25, 0.3) is 6.08 Å². The Morgan fingerprint density at radius 3 is 2.67 bits per heavy atom. The Balaban J connectivity index is 1.92. The molecule has 0 aliphatic rings. The number of carbonyl (C=O) groups excluding carboxylic acids is 1. The zero-order valence-electron chi connectivity index (χ0n) is 12.9. The molecule has 0 aliphatic heterocycles. The molecule has 5 nitrogen and oxygen atoms in total. The lowest BCUT2D eigenvalue weighted by atomic mass is 10.1. The van der Waals surface area contributed by atoms with Gasteiger partial charge in [-0.05, 0) is 42.0 Å². The van der Waals surface area contributed by atoms with E-state index in [1.54, 1.807) is 25.3 Å². The van der Waals surface area contributed by atoms with Gasteiger partial charge in [0.15, 0.2) is 0 Å². The van der Waals surface area contributed by atoms with Crippen LogP contribution in [0, 0.1) is 17.1 Å². The van der Waals surface area contributed by atoms with Crippen LogP contribution >= 0.6 is 0 Å². The lowest BCUT2D eigenvalue weighted by molar-refractivity contribution is 0.0951. The molecule has 0 atom stereocenters. The van der Waals surface area contributed by atoms with Crippen LogP contribution in [0.5, 0.6) is 5.75 Å². The van der Waals surface area contributed by atoms with Gasteiger partial charge in [-0.25, -0.2) is 9.82 Å². The molecule has 0 unspecified atom stereocenters. The number of nitrogens with zero attached hydrogens (tertiary/aromatic N) is 2. The molecule has 1 amide bonds. The fourth-order valence-corrected chi connectivity index (χ4v) is 1.84. The van der Waals surface area contributed by atoms with E-state index in [4.69, 9.17) is 10.00 Å². The van der Waals surface area contributed by atoms with Gasteiger partial charge in [-0.15, -0.1) is 0 Å². The van der Waals surface area contributed by atoms with E-state index >= 15 is 0 Å². The Morgan fingerprint density at radius 2 is 2.04 bits per heavy atom. The summed E-state index contributed by atoms with van der Waals surface area (Å²) in [7, 11) is 1.59. The number of rotatable bonds is 5. The molecule has 24 heavy (non-hydrogen) atoms. The standard InChI is InChI=1S/C18H14FN3O2/c1-24-15-7-4-13(5-8-15)3-2-10-21-22-18(23)16-9-6-14(12-20)11-17(16)19/h2-11H,1H3,(H,22,23)/b3-2+,21-10-. The van der Waals surface area contributed by atoms with Crippen LogP contribution in [-0.2, 0) is 0 Å². The third-order valence-electron chi connectivity index (χ3n) is 3.07. The van der Waals surface area contributed by atoms with Crippen molar-refractivity contribution in [2.24, 2.45) is 5.10 Å². The summed E-state index contributed by atoms with van der Waals surface area (Å²) in [5, 5.41) is 12.4. The fraction of sp³-hybridized carbons (Fsp3) is 0.0556. The molecule has 2 aromatic carbocycles. The number of ether oxygens (including phenoxy) is 1. The number of hydrogen-bond donors (Lipinski definition) is 1. The summed E-state index contributed by atoms with van der Waals surface area (Å²) in [6.45, 7) is 0. The van der Waals surface area contributed by atoms with Crippen LogP contribution in [0.4, 0.5) is 4.39 Å². The van der Waals surface area contributed by atoms with Gasteiger partial charge in [-0.2, -0.15) is 10.4 Å². The van der Waals surface area contributed by atoms with E-state index in [9.17, 15) is 9.18 Å². The minimum atomic E-state index is -0.768. The first-order valence-electron chi connectivity index (χ1n) is 6.98. The highest BCUT2D eigenvalue weighted by atomic mass is 19.1. The number of benzene rings is 2. The number of nitriles is 1. The molecule has 1 N–H and O–H groups in total. The molecular weight excluding hydrogens is 309 g/mol. The minimum absolute atomic E-state index is 0.148. The van der Waals surface area contributed by atoms with Gasteiger partial charge >= 0.3 is 0 Å². The normalized spacial score (nSPS) is 10.7. The van der Waals surface area contributed by atoms with Crippen molar-refractivity contribution < 1.29 is 13.9 Å². The van der Waals surface area contributed by atoms with Crippen molar-refractivity contribution in [3.05, 3.63) is 71.0 Å². The number of carbonyl (C=O) groups is 1. The Morgan fingerprint density at radius 1 is 1.29 bits per heavy atom. The van der Waals surface area contributed by atoms with Gasteiger partial charge in [0.05, 0.1) is 24.3 Å². The van der Waals surface area contributed by atoms with Gasteiger partial charge < -0.3 is 4.74 Å². The average molecular weight is 323 g/mol. The first-order valence-corrected chi connectivity index (χ1v) is 6.98. The SMILES string of the molecule is COc1ccc(/C=C/C=N\NC(=O)c2ccc(C#N)cc2F)cc1. The number of methoxy groups -OCH3 is 1. The molecule has 0 bridgehead atoms. The van der Waals surface area contributed by atoms with Crippen LogP contribution in [0.15, 0.2) is 53.6 Å². The maximum absolute atomic E-state index is 13.7. The Kier molecular flexibility index (Phi) is 5.81. The van der Waals surface area contributed by atoms with Crippen LogP contribution < -0.4 is 10.2 Å². The Hall–Kier alpha value is -3.46. The number of allylic oxidation sites excluding steroid dienone is 1. The van der Waals surface area contributed by atoms with Gasteiger partial charge in [-0.3, -0.25) is 4.79 Å².